The normalized spacial score (nSPS) is 23.0. The number of aryl methyl sites for hydroxylation is 1. The summed E-state index contributed by atoms with van der Waals surface area (Å²) in [6.45, 7) is 5.74. The molecule has 0 saturated carbocycles. The Labute approximate surface area is 156 Å². The molecule has 6 heteroatoms. The van der Waals surface area contributed by atoms with Crippen LogP contribution in [0.5, 0.6) is 0 Å². The van der Waals surface area contributed by atoms with Gasteiger partial charge in [0.15, 0.2) is 0 Å². The Balaban J connectivity index is 1.37. The summed E-state index contributed by atoms with van der Waals surface area (Å²) in [4.78, 5) is 21.8. The molecule has 1 saturated heterocycles. The molecule has 0 aliphatic carbocycles. The molecule has 1 amide bonds. The molecule has 2 aliphatic heterocycles. The van der Waals surface area contributed by atoms with Gasteiger partial charge < -0.3 is 9.64 Å². The second kappa shape index (κ2) is 7.17. The molecule has 2 aliphatic rings. The summed E-state index contributed by atoms with van der Waals surface area (Å²) < 4.78 is 5.83. The Hall–Kier alpha value is -1.24. The van der Waals surface area contributed by atoms with Crippen LogP contribution in [-0.2, 0) is 22.5 Å². The lowest BCUT2D eigenvalue weighted by atomic mass is 10.1. The molecule has 0 radical (unpaired) electrons. The number of hydrogen-bond donors (Lipinski definition) is 0. The quantitative estimate of drug-likeness (QED) is 0.794. The second-order valence-corrected chi connectivity index (χ2v) is 9.26. The van der Waals surface area contributed by atoms with Crippen LogP contribution in [0.3, 0.4) is 0 Å². The summed E-state index contributed by atoms with van der Waals surface area (Å²) in [5.41, 5.74) is 2.38. The van der Waals surface area contributed by atoms with Crippen molar-refractivity contribution in [2.75, 3.05) is 6.54 Å². The average molecular weight is 377 g/mol. The van der Waals surface area contributed by atoms with E-state index >= 15 is 0 Å². The molecule has 134 valence electrons. The fraction of sp³-hybridized carbons (Fsp3) is 0.579. The molecule has 4 rings (SSSR count). The van der Waals surface area contributed by atoms with Crippen LogP contribution in [0.1, 0.15) is 48.1 Å². The highest BCUT2D eigenvalue weighted by atomic mass is 32.1. The number of carbonyl (C=O) groups is 1. The van der Waals surface area contributed by atoms with Crippen molar-refractivity contribution in [2.24, 2.45) is 0 Å². The first kappa shape index (κ1) is 17.2. The van der Waals surface area contributed by atoms with E-state index in [9.17, 15) is 4.79 Å². The third-order valence-corrected chi connectivity index (χ3v) is 7.12. The molecule has 0 spiro atoms. The van der Waals surface area contributed by atoms with Crippen molar-refractivity contribution in [3.63, 3.8) is 0 Å². The van der Waals surface area contributed by atoms with E-state index in [1.165, 1.54) is 15.3 Å². The van der Waals surface area contributed by atoms with Gasteiger partial charge in [0.25, 0.3) is 0 Å². The summed E-state index contributed by atoms with van der Waals surface area (Å²) in [6, 6.07) is 2.23. The van der Waals surface area contributed by atoms with Crippen LogP contribution < -0.4 is 0 Å². The van der Waals surface area contributed by atoms with Crippen molar-refractivity contribution in [1.29, 1.82) is 0 Å². The highest BCUT2D eigenvalue weighted by Gasteiger charge is 2.26. The van der Waals surface area contributed by atoms with Gasteiger partial charge in [0, 0.05) is 29.8 Å². The van der Waals surface area contributed by atoms with Crippen LogP contribution in [0.2, 0.25) is 0 Å². The number of carbonyl (C=O) groups excluding carboxylic acids is 1. The van der Waals surface area contributed by atoms with Gasteiger partial charge in [0.2, 0.25) is 5.91 Å². The number of thiophene rings is 1. The number of nitrogens with zero attached hydrogens (tertiary/aromatic N) is 2. The standard InChI is InChI=1S/C19H24N2O2S2/c1-12-3-4-15(23-12)5-6-19(22)21-8-7-17-14(10-21)9-18(25-17)16-11-24-13(2)20-16/h9,11-12,15H,3-8,10H2,1-2H3/t12-,15+/m0/s1. The third kappa shape index (κ3) is 3.81. The van der Waals surface area contributed by atoms with E-state index in [0.717, 1.165) is 49.5 Å². The Morgan fingerprint density at radius 2 is 2.32 bits per heavy atom. The Bertz CT molecular complexity index is 767. The summed E-state index contributed by atoms with van der Waals surface area (Å²) in [5, 5.41) is 3.22. The Morgan fingerprint density at radius 1 is 1.44 bits per heavy atom. The van der Waals surface area contributed by atoms with Crippen LogP contribution in [0.25, 0.3) is 10.6 Å². The summed E-state index contributed by atoms with van der Waals surface area (Å²) in [6.07, 6.45) is 5.29. The maximum atomic E-state index is 12.6. The minimum atomic E-state index is 0.269. The fourth-order valence-electron chi connectivity index (χ4n) is 3.69. The maximum Gasteiger partial charge on any atom is 0.222 e. The largest absolute Gasteiger partial charge is 0.375 e. The number of amides is 1. The van der Waals surface area contributed by atoms with Crippen LogP contribution in [0.4, 0.5) is 0 Å². The zero-order valence-corrected chi connectivity index (χ0v) is 16.4. The van der Waals surface area contributed by atoms with E-state index in [-0.39, 0.29) is 12.0 Å². The highest BCUT2D eigenvalue weighted by molar-refractivity contribution is 7.16. The molecule has 0 unspecified atom stereocenters. The molecule has 0 N–H and O–H groups in total. The topological polar surface area (TPSA) is 42.4 Å². The first-order valence-corrected chi connectivity index (χ1v) is 10.8. The van der Waals surface area contributed by atoms with Gasteiger partial charge in [-0.05, 0) is 51.2 Å². The summed E-state index contributed by atoms with van der Waals surface area (Å²) in [7, 11) is 0. The van der Waals surface area contributed by atoms with Crippen LogP contribution in [0.15, 0.2) is 11.4 Å². The number of hydrogen-bond acceptors (Lipinski definition) is 5. The van der Waals surface area contributed by atoms with Crippen molar-refractivity contribution in [1.82, 2.24) is 9.88 Å². The predicted molar refractivity (Wildman–Crippen MR) is 102 cm³/mol. The van der Waals surface area contributed by atoms with E-state index in [0.29, 0.717) is 12.5 Å². The SMILES string of the molecule is Cc1nc(-c2cc3c(s2)CCN(C(=O)CC[C@H]2CC[C@H](C)O2)C3)cs1. The van der Waals surface area contributed by atoms with Crippen molar-refractivity contribution < 1.29 is 9.53 Å². The minimum absolute atomic E-state index is 0.269. The van der Waals surface area contributed by atoms with Crippen molar-refractivity contribution >= 4 is 28.6 Å². The zero-order chi connectivity index (χ0) is 17.4. The predicted octanol–water partition coefficient (Wildman–Crippen LogP) is 4.41. The molecule has 4 nitrogen and oxygen atoms in total. The second-order valence-electron chi connectivity index (χ2n) is 7.06. The summed E-state index contributed by atoms with van der Waals surface area (Å²) in [5.74, 6) is 0.269. The minimum Gasteiger partial charge on any atom is -0.375 e. The van der Waals surface area contributed by atoms with Crippen molar-refractivity contribution in [2.45, 2.75) is 64.7 Å². The van der Waals surface area contributed by atoms with Gasteiger partial charge in [-0.1, -0.05) is 0 Å². The molecule has 2 aromatic heterocycles. The number of fused-ring (bicyclic) bond motifs is 1. The molecule has 2 aromatic rings. The van der Waals surface area contributed by atoms with Crippen LogP contribution in [-0.4, -0.2) is 34.5 Å². The third-order valence-electron chi connectivity index (χ3n) is 5.09. The average Bonchev–Trinajstić information content (AvgIpc) is 3.31. The lowest BCUT2D eigenvalue weighted by molar-refractivity contribution is -0.132. The zero-order valence-electron chi connectivity index (χ0n) is 14.8. The molecule has 0 bridgehead atoms. The number of thiazole rings is 1. The van der Waals surface area contributed by atoms with Crippen LogP contribution in [0, 0.1) is 6.92 Å². The molecule has 1 fully saturated rings. The Morgan fingerprint density at radius 3 is 3.04 bits per heavy atom. The van der Waals surface area contributed by atoms with Crippen molar-refractivity contribution in [3.05, 3.63) is 26.9 Å². The highest BCUT2D eigenvalue weighted by Crippen LogP contribution is 2.35. The van der Waals surface area contributed by atoms with E-state index in [1.54, 1.807) is 11.3 Å². The molecule has 0 aromatic carbocycles. The maximum absolute atomic E-state index is 12.6. The molecular formula is C19H24N2O2S2. The Kier molecular flexibility index (Phi) is 4.93. The van der Waals surface area contributed by atoms with Gasteiger partial charge >= 0.3 is 0 Å². The van der Waals surface area contributed by atoms with Gasteiger partial charge in [0.1, 0.15) is 0 Å². The van der Waals surface area contributed by atoms with Gasteiger partial charge in [-0.25, -0.2) is 4.98 Å². The lowest BCUT2D eigenvalue weighted by Crippen LogP contribution is -2.35. The molecular weight excluding hydrogens is 352 g/mol. The smallest absolute Gasteiger partial charge is 0.222 e. The van der Waals surface area contributed by atoms with E-state index in [2.05, 4.69) is 23.4 Å². The molecule has 25 heavy (non-hydrogen) atoms. The molecule has 2 atom stereocenters. The lowest BCUT2D eigenvalue weighted by Gasteiger charge is -2.27. The van der Waals surface area contributed by atoms with Crippen molar-refractivity contribution in [3.8, 4) is 10.6 Å². The van der Waals surface area contributed by atoms with Gasteiger partial charge in [0.05, 0.1) is 27.8 Å². The van der Waals surface area contributed by atoms with Crippen LogP contribution >= 0.6 is 22.7 Å². The summed E-state index contributed by atoms with van der Waals surface area (Å²) >= 11 is 3.52. The molecule has 4 heterocycles. The first-order valence-electron chi connectivity index (χ1n) is 9.06. The van der Waals surface area contributed by atoms with E-state index in [4.69, 9.17) is 4.74 Å². The van der Waals surface area contributed by atoms with E-state index in [1.807, 2.05) is 23.2 Å². The number of rotatable bonds is 4. The number of aromatic nitrogens is 1. The van der Waals surface area contributed by atoms with E-state index < -0.39 is 0 Å². The van der Waals surface area contributed by atoms with Gasteiger partial charge in [-0.15, -0.1) is 22.7 Å². The monoisotopic (exact) mass is 376 g/mol. The van der Waals surface area contributed by atoms with Gasteiger partial charge in [-0.2, -0.15) is 0 Å². The first-order chi connectivity index (χ1) is 12.1. The van der Waals surface area contributed by atoms with Gasteiger partial charge in [-0.3, -0.25) is 4.79 Å². The number of ether oxygens (including phenoxy) is 1. The fourth-order valence-corrected chi connectivity index (χ4v) is 5.50.